The number of rotatable bonds is 4. The highest BCUT2D eigenvalue weighted by atomic mass is 35.5. The lowest BCUT2D eigenvalue weighted by molar-refractivity contribution is -0.184. The van der Waals surface area contributed by atoms with Crippen molar-refractivity contribution in [2.24, 2.45) is 5.73 Å². The van der Waals surface area contributed by atoms with E-state index in [1.165, 1.54) is 22.7 Å². The van der Waals surface area contributed by atoms with Crippen LogP contribution in [0.5, 0.6) is 0 Å². The Labute approximate surface area is 218 Å². The zero-order valence-corrected chi connectivity index (χ0v) is 21.2. The molecular weight excluding hydrogens is 512 g/mol. The van der Waals surface area contributed by atoms with Gasteiger partial charge in [-0.3, -0.25) is 9.30 Å². The van der Waals surface area contributed by atoms with Crippen molar-refractivity contribution >= 4 is 41.4 Å². The molecule has 2 atom stereocenters. The molecule has 0 radical (unpaired) electrons. The second kappa shape index (κ2) is 9.45. The number of para-hydroxylation sites is 1. The topological polar surface area (TPSA) is 72.3 Å². The lowest BCUT2D eigenvalue weighted by atomic mass is 10.0. The van der Waals surface area contributed by atoms with E-state index in [4.69, 9.17) is 10.7 Å². The van der Waals surface area contributed by atoms with E-state index in [0.717, 1.165) is 23.7 Å². The van der Waals surface area contributed by atoms with Gasteiger partial charge in [0.2, 0.25) is 0 Å². The molecular formula is C25H27Cl2F3N6. The molecule has 0 unspecified atom stereocenters. The van der Waals surface area contributed by atoms with Gasteiger partial charge in [-0.25, -0.2) is 4.98 Å². The molecule has 0 bridgehead atoms. The number of benzene rings is 1. The van der Waals surface area contributed by atoms with Crippen LogP contribution in [0.3, 0.4) is 0 Å². The SMILES string of the molecule is C[C@@]1(N)CCN([C@H](c2ccc3nnc(-c4ccc5cccc(C6CC6)c5n4)n3c2)C(F)(F)F)C1.Cl.Cl. The molecule has 6 rings (SSSR count). The number of halogens is 5. The van der Waals surface area contributed by atoms with Gasteiger partial charge in [0, 0.05) is 30.2 Å². The van der Waals surface area contributed by atoms with Crippen LogP contribution in [0.4, 0.5) is 13.2 Å². The summed E-state index contributed by atoms with van der Waals surface area (Å²) >= 11 is 0. The van der Waals surface area contributed by atoms with E-state index in [0.29, 0.717) is 36.0 Å². The van der Waals surface area contributed by atoms with E-state index in [1.807, 2.05) is 24.3 Å². The summed E-state index contributed by atoms with van der Waals surface area (Å²) in [5.74, 6) is 0.949. The Kier molecular flexibility index (Phi) is 6.98. The van der Waals surface area contributed by atoms with Gasteiger partial charge in [0.05, 0.1) is 5.52 Å². The van der Waals surface area contributed by atoms with Crippen LogP contribution in [0.2, 0.25) is 0 Å². The second-order valence-electron chi connectivity index (χ2n) is 9.92. The van der Waals surface area contributed by atoms with E-state index in [2.05, 4.69) is 16.3 Å². The molecule has 1 aliphatic heterocycles. The molecule has 192 valence electrons. The molecule has 1 aliphatic carbocycles. The molecule has 1 aromatic carbocycles. The first-order valence-corrected chi connectivity index (χ1v) is 11.5. The van der Waals surface area contributed by atoms with E-state index >= 15 is 0 Å². The summed E-state index contributed by atoms with van der Waals surface area (Å²) in [5, 5.41) is 9.51. The van der Waals surface area contributed by atoms with Crippen LogP contribution in [-0.2, 0) is 0 Å². The number of aromatic nitrogens is 4. The van der Waals surface area contributed by atoms with Gasteiger partial charge in [0.1, 0.15) is 11.7 Å². The van der Waals surface area contributed by atoms with Gasteiger partial charge in [-0.15, -0.1) is 35.0 Å². The molecule has 6 nitrogen and oxygen atoms in total. The smallest absolute Gasteiger partial charge is 0.324 e. The number of nitrogens with two attached hydrogens (primary N) is 1. The number of fused-ring (bicyclic) bond motifs is 2. The maximum Gasteiger partial charge on any atom is 0.408 e. The third-order valence-electron chi connectivity index (χ3n) is 6.95. The molecule has 36 heavy (non-hydrogen) atoms. The van der Waals surface area contributed by atoms with Gasteiger partial charge in [-0.2, -0.15) is 13.2 Å². The maximum absolute atomic E-state index is 14.2. The van der Waals surface area contributed by atoms with Gasteiger partial charge in [-0.1, -0.05) is 30.3 Å². The van der Waals surface area contributed by atoms with Crippen LogP contribution >= 0.6 is 24.8 Å². The van der Waals surface area contributed by atoms with Crippen LogP contribution in [0.15, 0.2) is 48.7 Å². The first-order chi connectivity index (χ1) is 16.2. The minimum atomic E-state index is -4.44. The third-order valence-corrected chi connectivity index (χ3v) is 6.95. The average Bonchev–Trinajstić information content (AvgIpc) is 3.45. The summed E-state index contributed by atoms with van der Waals surface area (Å²) in [6.45, 7) is 2.27. The van der Waals surface area contributed by atoms with E-state index in [9.17, 15) is 13.2 Å². The molecule has 4 aromatic rings. The van der Waals surface area contributed by atoms with Crippen LogP contribution in [-0.4, -0.2) is 49.3 Å². The van der Waals surface area contributed by atoms with E-state index in [1.54, 1.807) is 17.4 Å². The van der Waals surface area contributed by atoms with Crippen LogP contribution in [0.25, 0.3) is 28.1 Å². The van der Waals surface area contributed by atoms with Crippen molar-refractivity contribution in [3.8, 4) is 11.5 Å². The largest absolute Gasteiger partial charge is 0.408 e. The molecule has 1 saturated carbocycles. The van der Waals surface area contributed by atoms with Gasteiger partial charge in [0.15, 0.2) is 11.5 Å². The Balaban J connectivity index is 0.00000152. The van der Waals surface area contributed by atoms with Crippen molar-refractivity contribution in [2.75, 3.05) is 13.1 Å². The van der Waals surface area contributed by atoms with Crippen molar-refractivity contribution in [2.45, 2.75) is 49.9 Å². The predicted octanol–water partition coefficient (Wildman–Crippen LogP) is 5.69. The monoisotopic (exact) mass is 538 g/mol. The molecule has 11 heteroatoms. The van der Waals surface area contributed by atoms with Crippen molar-refractivity contribution in [1.29, 1.82) is 0 Å². The van der Waals surface area contributed by atoms with Gasteiger partial charge < -0.3 is 5.73 Å². The van der Waals surface area contributed by atoms with E-state index in [-0.39, 0.29) is 36.9 Å². The lowest BCUT2D eigenvalue weighted by Gasteiger charge is -2.31. The van der Waals surface area contributed by atoms with Crippen LogP contribution < -0.4 is 5.73 Å². The molecule has 2 aliphatic rings. The van der Waals surface area contributed by atoms with Crippen molar-refractivity contribution in [3.05, 3.63) is 59.8 Å². The summed E-state index contributed by atoms with van der Waals surface area (Å²) in [6, 6.07) is 11.3. The fraction of sp³-hybridized carbons (Fsp3) is 0.400. The Morgan fingerprint density at radius 3 is 2.50 bits per heavy atom. The predicted molar refractivity (Wildman–Crippen MR) is 138 cm³/mol. The first kappa shape index (κ1) is 26.6. The normalized spacial score (nSPS) is 21.4. The molecule has 2 N–H and O–H groups in total. The average molecular weight is 539 g/mol. The fourth-order valence-electron chi connectivity index (χ4n) is 5.11. The Bertz CT molecular complexity index is 1400. The van der Waals surface area contributed by atoms with Crippen LogP contribution in [0, 0.1) is 0 Å². The lowest BCUT2D eigenvalue weighted by Crippen LogP contribution is -2.43. The third kappa shape index (κ3) is 4.77. The summed E-state index contributed by atoms with van der Waals surface area (Å²) in [5.41, 5.74) is 8.84. The minimum absolute atomic E-state index is 0. The molecule has 0 spiro atoms. The molecule has 3 aromatic heterocycles. The minimum Gasteiger partial charge on any atom is -0.324 e. The highest BCUT2D eigenvalue weighted by Gasteiger charge is 2.48. The van der Waals surface area contributed by atoms with Crippen molar-refractivity contribution in [3.63, 3.8) is 0 Å². The van der Waals surface area contributed by atoms with Gasteiger partial charge >= 0.3 is 6.18 Å². The molecule has 1 saturated heterocycles. The second-order valence-corrected chi connectivity index (χ2v) is 9.92. The quantitative estimate of drug-likeness (QED) is 0.361. The zero-order chi connectivity index (χ0) is 23.7. The summed E-state index contributed by atoms with van der Waals surface area (Å²) in [6.07, 6.45) is -0.126. The first-order valence-electron chi connectivity index (χ1n) is 11.5. The highest BCUT2D eigenvalue weighted by molar-refractivity contribution is 5.86. The number of hydrogen-bond acceptors (Lipinski definition) is 5. The zero-order valence-electron chi connectivity index (χ0n) is 19.6. The summed E-state index contributed by atoms with van der Waals surface area (Å²) < 4.78 is 44.3. The Morgan fingerprint density at radius 2 is 1.83 bits per heavy atom. The number of hydrogen-bond donors (Lipinski definition) is 1. The molecule has 2 fully saturated rings. The number of alkyl halides is 3. The van der Waals surface area contributed by atoms with E-state index < -0.39 is 17.8 Å². The number of nitrogens with zero attached hydrogens (tertiary/aromatic N) is 5. The Hall–Kier alpha value is -2.46. The summed E-state index contributed by atoms with van der Waals surface area (Å²) in [7, 11) is 0. The maximum atomic E-state index is 14.2. The standard InChI is InChI=1S/C25H25F3N6.2ClH/c1-24(29)11-12-33(14-24)22(25(26,27)28)17-8-10-20-31-32-23(34(20)13-17)19-9-7-16-3-2-4-18(15-5-6-15)21(16)30-19;;/h2-4,7-10,13,15,22H,5-6,11-12,14,29H2,1H3;2*1H/t22-,24-;;/m1../s1. The number of likely N-dealkylation sites (tertiary alicyclic amines) is 1. The number of pyridine rings is 2. The Morgan fingerprint density at radius 1 is 1.06 bits per heavy atom. The van der Waals surface area contributed by atoms with Gasteiger partial charge in [-0.05, 0) is 55.4 Å². The van der Waals surface area contributed by atoms with Crippen molar-refractivity contribution in [1.82, 2.24) is 24.5 Å². The summed E-state index contributed by atoms with van der Waals surface area (Å²) in [4.78, 5) is 6.29. The van der Waals surface area contributed by atoms with Gasteiger partial charge in [0.25, 0.3) is 0 Å². The highest BCUT2D eigenvalue weighted by Crippen LogP contribution is 2.43. The van der Waals surface area contributed by atoms with Crippen molar-refractivity contribution < 1.29 is 13.2 Å². The molecule has 4 heterocycles. The fourth-order valence-corrected chi connectivity index (χ4v) is 5.11. The molecule has 0 amide bonds. The van der Waals surface area contributed by atoms with Crippen LogP contribution in [0.1, 0.15) is 49.3 Å².